The Morgan fingerprint density at radius 3 is 2.21 bits per heavy atom. The van der Waals surface area contributed by atoms with Crippen molar-refractivity contribution in [1.29, 1.82) is 0 Å². The Kier molecular flexibility index (Phi) is 6.28. The Morgan fingerprint density at radius 2 is 1.67 bits per heavy atom. The highest BCUT2D eigenvalue weighted by Crippen LogP contribution is 2.30. The van der Waals surface area contributed by atoms with Crippen molar-refractivity contribution in [2.45, 2.75) is 26.2 Å². The van der Waals surface area contributed by atoms with E-state index in [9.17, 15) is 0 Å². The molecule has 0 N–H and O–H groups in total. The van der Waals surface area contributed by atoms with Gasteiger partial charge in [-0.3, -0.25) is 4.98 Å². The minimum absolute atomic E-state index is 0.0435. The fourth-order valence-corrected chi connectivity index (χ4v) is 1.88. The summed E-state index contributed by atoms with van der Waals surface area (Å²) in [4.78, 5) is 12.6. The molecule has 0 amide bonds. The molecule has 0 spiro atoms. The molecular weight excluding hydrogens is 314 g/mol. The summed E-state index contributed by atoms with van der Waals surface area (Å²) < 4.78 is 27.0. The Hall–Kier alpha value is -2.45. The maximum Gasteiger partial charge on any atom is 0.328 e. The van der Waals surface area contributed by atoms with Crippen LogP contribution in [-0.2, 0) is 9.47 Å². The number of nitrogens with zero attached hydrogens (tertiary/aromatic N) is 3. The molecule has 0 bridgehead atoms. The molecule has 0 aliphatic rings. The highest BCUT2D eigenvalue weighted by molar-refractivity contribution is 5.32. The van der Waals surface area contributed by atoms with Gasteiger partial charge in [0.1, 0.15) is 5.69 Å². The van der Waals surface area contributed by atoms with Crippen LogP contribution in [-0.4, -0.2) is 42.4 Å². The van der Waals surface area contributed by atoms with Gasteiger partial charge in [0.25, 0.3) is 0 Å². The van der Waals surface area contributed by atoms with Crippen molar-refractivity contribution in [2.24, 2.45) is 0 Å². The van der Waals surface area contributed by atoms with Gasteiger partial charge in [-0.25, -0.2) is 0 Å². The summed E-state index contributed by atoms with van der Waals surface area (Å²) in [5.74, 6) is 1.06. The molecule has 0 aliphatic carbocycles. The summed E-state index contributed by atoms with van der Waals surface area (Å²) in [7, 11) is 4.54. The van der Waals surface area contributed by atoms with Crippen LogP contribution in [0.25, 0.3) is 0 Å². The second kappa shape index (κ2) is 8.42. The number of methoxy groups -OCH3 is 3. The van der Waals surface area contributed by atoms with Crippen LogP contribution in [0.1, 0.15) is 25.8 Å². The summed E-state index contributed by atoms with van der Waals surface area (Å²) in [6, 6.07) is 5.09. The molecule has 0 radical (unpaired) electrons. The van der Waals surface area contributed by atoms with Crippen molar-refractivity contribution in [1.82, 2.24) is 15.0 Å². The van der Waals surface area contributed by atoms with Crippen molar-refractivity contribution < 1.29 is 23.7 Å². The highest BCUT2D eigenvalue weighted by Gasteiger charge is 2.21. The lowest BCUT2D eigenvalue weighted by atomic mass is 10.3. The molecule has 0 fully saturated rings. The molecule has 1 unspecified atom stereocenters. The largest absolute Gasteiger partial charge is 0.481 e. The molecule has 2 rings (SSSR count). The van der Waals surface area contributed by atoms with Crippen LogP contribution < -0.4 is 14.2 Å². The molecule has 0 saturated carbocycles. The van der Waals surface area contributed by atoms with Crippen LogP contribution in [0.3, 0.4) is 0 Å². The van der Waals surface area contributed by atoms with Gasteiger partial charge >= 0.3 is 6.01 Å². The van der Waals surface area contributed by atoms with Crippen LogP contribution in [0, 0.1) is 0 Å². The molecule has 24 heavy (non-hydrogen) atoms. The number of aromatic nitrogens is 3. The number of ether oxygens (including phenoxy) is 5. The summed E-state index contributed by atoms with van der Waals surface area (Å²) in [5.41, 5.74) is 0.485. The van der Waals surface area contributed by atoms with Crippen molar-refractivity contribution in [2.75, 3.05) is 21.3 Å². The second-order valence-electron chi connectivity index (χ2n) is 4.98. The van der Waals surface area contributed by atoms with Gasteiger partial charge in [0, 0.05) is 13.3 Å². The Bertz CT molecular complexity index is 644. The molecule has 0 aliphatic heterocycles. The molecule has 8 heteroatoms. The minimum atomic E-state index is -0.672. The summed E-state index contributed by atoms with van der Waals surface area (Å²) in [5, 5.41) is 0. The van der Waals surface area contributed by atoms with E-state index in [1.165, 1.54) is 21.3 Å². The fourth-order valence-electron chi connectivity index (χ4n) is 1.88. The first-order valence-corrected chi connectivity index (χ1v) is 7.35. The van der Waals surface area contributed by atoms with Crippen LogP contribution in [0.5, 0.6) is 23.5 Å². The first-order valence-electron chi connectivity index (χ1n) is 7.35. The SMILES string of the molecule is COc1cc(OC)nc(Oc2cccnc2C(OC)OC(C)C)n1. The Morgan fingerprint density at radius 1 is 1.00 bits per heavy atom. The monoisotopic (exact) mass is 335 g/mol. The Balaban J connectivity index is 2.33. The van der Waals surface area contributed by atoms with Gasteiger partial charge in [-0.2, -0.15) is 9.97 Å². The van der Waals surface area contributed by atoms with E-state index in [0.717, 1.165) is 0 Å². The van der Waals surface area contributed by atoms with Crippen molar-refractivity contribution in [3.8, 4) is 23.5 Å². The van der Waals surface area contributed by atoms with Gasteiger partial charge in [0.05, 0.1) is 26.4 Å². The molecule has 1 atom stereocenters. The van der Waals surface area contributed by atoms with Crippen LogP contribution in [0.15, 0.2) is 24.4 Å². The predicted octanol–water partition coefficient (Wildman–Crippen LogP) is 2.75. The number of pyridine rings is 1. The lowest BCUT2D eigenvalue weighted by Crippen LogP contribution is -2.14. The number of rotatable bonds is 8. The average Bonchev–Trinajstić information content (AvgIpc) is 2.59. The van der Waals surface area contributed by atoms with Crippen molar-refractivity contribution in [3.05, 3.63) is 30.1 Å². The van der Waals surface area contributed by atoms with Gasteiger partial charge in [0.15, 0.2) is 5.75 Å². The lowest BCUT2D eigenvalue weighted by molar-refractivity contribution is -0.153. The van der Waals surface area contributed by atoms with Crippen LogP contribution in [0.2, 0.25) is 0 Å². The quantitative estimate of drug-likeness (QED) is 0.681. The molecular formula is C16H21N3O5. The van der Waals surface area contributed by atoms with E-state index in [1.807, 2.05) is 13.8 Å². The zero-order valence-corrected chi connectivity index (χ0v) is 14.3. The van der Waals surface area contributed by atoms with E-state index < -0.39 is 6.29 Å². The third-order valence-electron chi connectivity index (χ3n) is 2.91. The van der Waals surface area contributed by atoms with E-state index >= 15 is 0 Å². The average molecular weight is 335 g/mol. The maximum absolute atomic E-state index is 5.75. The van der Waals surface area contributed by atoms with E-state index in [-0.39, 0.29) is 12.1 Å². The third-order valence-corrected chi connectivity index (χ3v) is 2.91. The highest BCUT2D eigenvalue weighted by atomic mass is 16.7. The normalized spacial score (nSPS) is 12.1. The molecule has 2 heterocycles. The fraction of sp³-hybridized carbons (Fsp3) is 0.438. The second-order valence-corrected chi connectivity index (χ2v) is 4.98. The predicted molar refractivity (Wildman–Crippen MR) is 85.4 cm³/mol. The number of hydrogen-bond acceptors (Lipinski definition) is 8. The van der Waals surface area contributed by atoms with E-state index in [1.54, 1.807) is 24.4 Å². The van der Waals surface area contributed by atoms with Gasteiger partial charge in [-0.15, -0.1) is 0 Å². The summed E-state index contributed by atoms with van der Waals surface area (Å²) in [6.45, 7) is 3.82. The van der Waals surface area contributed by atoms with Crippen LogP contribution in [0.4, 0.5) is 0 Å². The van der Waals surface area contributed by atoms with E-state index in [2.05, 4.69) is 15.0 Å². The van der Waals surface area contributed by atoms with E-state index in [4.69, 9.17) is 23.7 Å². The molecule has 2 aromatic heterocycles. The van der Waals surface area contributed by atoms with Crippen molar-refractivity contribution in [3.63, 3.8) is 0 Å². The zero-order chi connectivity index (χ0) is 17.5. The third kappa shape index (κ3) is 4.53. The zero-order valence-electron chi connectivity index (χ0n) is 14.3. The maximum atomic E-state index is 5.75. The minimum Gasteiger partial charge on any atom is -0.481 e. The van der Waals surface area contributed by atoms with E-state index in [0.29, 0.717) is 23.2 Å². The number of hydrogen-bond donors (Lipinski definition) is 0. The first kappa shape index (κ1) is 17.9. The lowest BCUT2D eigenvalue weighted by Gasteiger charge is -2.20. The van der Waals surface area contributed by atoms with Gasteiger partial charge in [0.2, 0.25) is 18.1 Å². The first-order chi connectivity index (χ1) is 11.6. The molecule has 130 valence electrons. The van der Waals surface area contributed by atoms with Crippen molar-refractivity contribution >= 4 is 0 Å². The van der Waals surface area contributed by atoms with Crippen LogP contribution >= 0.6 is 0 Å². The summed E-state index contributed by atoms with van der Waals surface area (Å²) in [6.07, 6.45) is 0.914. The molecule has 0 aromatic carbocycles. The van der Waals surface area contributed by atoms with Gasteiger partial charge in [-0.1, -0.05) is 0 Å². The smallest absolute Gasteiger partial charge is 0.328 e. The summed E-state index contributed by atoms with van der Waals surface area (Å²) >= 11 is 0. The standard InChI is InChI=1S/C16H21N3O5/c1-10(2)23-15(22-5)14-11(7-6-8-17-14)24-16-18-12(20-3)9-13(19-16)21-4/h6-10,15H,1-5H3. The topological polar surface area (TPSA) is 84.8 Å². The molecule has 0 saturated heterocycles. The molecule has 8 nitrogen and oxygen atoms in total. The Labute approximate surface area is 140 Å². The van der Waals surface area contributed by atoms with Gasteiger partial charge < -0.3 is 23.7 Å². The molecule has 2 aromatic rings. The van der Waals surface area contributed by atoms with Gasteiger partial charge in [-0.05, 0) is 26.0 Å².